The summed E-state index contributed by atoms with van der Waals surface area (Å²) in [6.45, 7) is 23.5. The standard InChI is InChI=1S/C21H15Cl2NO.2C21H19Cl2N.C21H17Cl2N.C20H14Cl2O.C4H7NO.B.Na.H/c1-13-3-4-15-8-16(6-5-14(15)7-13)21(25)12-20(24-2)17-9-18(22)11-19(23)10-17;3*1-13-2-3-15-7-16(5-4-14(15)6-13)21-10-18(12-24-21)17-8-19(22)11-20(23)9-17;1-13-2-4-16-11-17(6-5-15(16)8-13)20(23)7-3-14-9-18(21)12-19(22)10-14;1-4(2,6)3-5;;;/h3-11,20H,12H2,1H3;2*2-9,11,18,21,24H,10,12H2,1H3;2-9,11,18H,10,12H2,1H3;2-12H,1H3;6H,1-2H3;;;/q;;;;;;;+1;-1/b;;;;7-3+;;;;/t;18-,21+;18-,21-;;;;;;/m.01....../s1. The second-order valence-corrected chi connectivity index (χ2v) is 37.4. The maximum atomic E-state index is 12.7. The summed E-state index contributed by atoms with van der Waals surface area (Å²) in [6, 6.07) is 93.0. The number of hydrogen-bond donors (Lipinski definition) is 3. The monoisotopic (exact) mass is 1890 g/mol. The van der Waals surface area contributed by atoms with Gasteiger partial charge in [0.05, 0.1) is 12.5 Å². The molecule has 2 saturated heterocycles. The van der Waals surface area contributed by atoms with Gasteiger partial charge in [0.15, 0.2) is 11.6 Å². The van der Waals surface area contributed by atoms with Gasteiger partial charge in [-0.25, -0.2) is 6.57 Å². The number of carbonyl (C=O) groups excluding carboxylic acids is 2. The first-order valence-corrected chi connectivity index (χ1v) is 45.1. The number of rotatable bonds is 13. The minimum atomic E-state index is -1.15. The van der Waals surface area contributed by atoms with Crippen LogP contribution in [0.2, 0.25) is 50.2 Å². The van der Waals surface area contributed by atoms with Gasteiger partial charge in [-0.15, -0.1) is 0 Å². The van der Waals surface area contributed by atoms with Gasteiger partial charge in [0.2, 0.25) is 0 Å². The third-order valence-electron chi connectivity index (χ3n) is 22.4. The largest absolute Gasteiger partial charge is 1.00 e. The number of halogens is 10. The number of aliphatic imine (C=N–C) groups is 1. The molecule has 641 valence electrons. The molecule has 0 bridgehead atoms. The van der Waals surface area contributed by atoms with E-state index in [1.165, 1.54) is 119 Å². The van der Waals surface area contributed by atoms with E-state index in [0.29, 0.717) is 96.8 Å². The molecule has 15 aromatic carbocycles. The van der Waals surface area contributed by atoms with Crippen molar-refractivity contribution in [3.8, 4) is 6.07 Å². The van der Waals surface area contributed by atoms with Crippen molar-refractivity contribution >= 4 is 202 Å². The topological polar surface area (TPSA) is 119 Å². The van der Waals surface area contributed by atoms with E-state index in [2.05, 4.69) is 165 Å². The van der Waals surface area contributed by atoms with Gasteiger partial charge < -0.3 is 22.0 Å². The van der Waals surface area contributed by atoms with Gasteiger partial charge in [-0.05, 0) is 300 Å². The normalized spacial score (nSPS) is 15.8. The minimum absolute atomic E-state index is 0. The number of nitrogens with one attached hydrogen (secondary N) is 2. The van der Waals surface area contributed by atoms with Crippen LogP contribution in [0, 0.1) is 52.5 Å². The molecule has 0 amide bonds. The molecule has 0 saturated carbocycles. The van der Waals surface area contributed by atoms with Gasteiger partial charge in [0.25, 0.3) is 6.04 Å². The number of nitrogens with zero attached hydrogens (tertiary/aromatic N) is 3. The quantitative estimate of drug-likeness (QED) is 0.0348. The summed E-state index contributed by atoms with van der Waals surface area (Å²) in [5.74, 6) is 1.12. The zero-order chi connectivity index (χ0) is 89.6. The van der Waals surface area contributed by atoms with Crippen LogP contribution in [0.5, 0.6) is 0 Å². The maximum Gasteiger partial charge on any atom is 1.00 e. The fourth-order valence-corrected chi connectivity index (χ4v) is 18.7. The van der Waals surface area contributed by atoms with E-state index in [1.807, 2.05) is 104 Å². The van der Waals surface area contributed by atoms with Crippen molar-refractivity contribution in [3.05, 3.63) is 424 Å². The molecule has 3 heterocycles. The molecule has 20 heteroatoms. The molecule has 6 atom stereocenters. The molecular weight excluding hydrogens is 1800 g/mol. The van der Waals surface area contributed by atoms with E-state index < -0.39 is 11.6 Å². The number of aryl methyl sites for hydroxylation is 5. The third-order valence-corrected chi connectivity index (χ3v) is 24.6. The van der Waals surface area contributed by atoms with Gasteiger partial charge in [-0.3, -0.25) is 14.6 Å². The molecule has 2 fully saturated rings. The first kappa shape index (κ1) is 99.7. The number of nitriles is 1. The molecule has 2 unspecified atom stereocenters. The van der Waals surface area contributed by atoms with Crippen molar-refractivity contribution in [2.45, 2.75) is 116 Å². The molecule has 0 aliphatic carbocycles. The number of benzene rings is 15. The predicted octanol–water partition coefficient (Wildman–Crippen LogP) is 29.0. The summed E-state index contributed by atoms with van der Waals surface area (Å²) in [5.41, 5.74) is 16.5. The van der Waals surface area contributed by atoms with Crippen LogP contribution >= 0.6 is 116 Å². The fraction of sp³-hybridized carbons (Fsp3) is 0.194. The summed E-state index contributed by atoms with van der Waals surface area (Å²) in [7, 11) is 0. The summed E-state index contributed by atoms with van der Waals surface area (Å²) < 4.78 is 0. The smallest absolute Gasteiger partial charge is 1.00 e. The molecule has 8 nitrogen and oxygen atoms in total. The van der Waals surface area contributed by atoms with Crippen molar-refractivity contribution in [2.24, 2.45) is 4.99 Å². The molecule has 15 aromatic rings. The van der Waals surface area contributed by atoms with Crippen LogP contribution in [-0.4, -0.2) is 56.0 Å². The fourth-order valence-electron chi connectivity index (χ4n) is 16.0. The summed E-state index contributed by atoms with van der Waals surface area (Å²) in [4.78, 5) is 33.4. The SMILES string of the molecule is CC(C)(O)C#N.Cc1ccc2cc(C(=O)/C=C/c3cc(Cl)cc(Cl)c3)ccc2c1.Cc1ccc2cc(C3=NCC(c4cc(Cl)cc(Cl)c4)C3)ccc2c1.Cc1ccc2cc([C@H]3C[C@@H](c4cc(Cl)cc(Cl)c4)CN3)ccc2c1.Cc1ccc2cc([C@H]3C[C@H](c4cc(Cl)cc(Cl)c4)CN3)ccc2c1.[B].[C-]#[N+]C(CC(=O)c1ccc2cc(C)ccc2c1)c1cc(Cl)cc(Cl)c1.[H-].[Na+]. The van der Waals surface area contributed by atoms with Gasteiger partial charge >= 0.3 is 29.6 Å². The number of hydrogen-bond acceptors (Lipinski definition) is 7. The summed E-state index contributed by atoms with van der Waals surface area (Å²) in [5, 5.41) is 41.9. The van der Waals surface area contributed by atoms with Crippen LogP contribution < -0.4 is 40.2 Å². The van der Waals surface area contributed by atoms with E-state index in [4.69, 9.17) is 138 Å². The van der Waals surface area contributed by atoms with Crippen molar-refractivity contribution in [2.75, 3.05) is 19.6 Å². The Balaban J connectivity index is 0.000000164. The first-order valence-electron chi connectivity index (χ1n) is 41.4. The van der Waals surface area contributed by atoms with E-state index in [-0.39, 0.29) is 57.4 Å². The number of allylic oxidation sites excluding steroid dienone is 1. The van der Waals surface area contributed by atoms with Crippen LogP contribution in [0.1, 0.15) is 170 Å². The van der Waals surface area contributed by atoms with E-state index in [0.717, 1.165) is 66.0 Å². The Bertz CT molecular complexity index is 6450. The predicted molar refractivity (Wildman–Crippen MR) is 541 cm³/mol. The Kier molecular flexibility index (Phi) is 35.7. The summed E-state index contributed by atoms with van der Waals surface area (Å²) in [6.07, 6.45) is 6.41. The van der Waals surface area contributed by atoms with Crippen LogP contribution in [0.3, 0.4) is 0 Å². The molecule has 3 radical (unpaired) electrons. The third kappa shape index (κ3) is 27.9. The average Bonchev–Trinajstić information content (AvgIpc) is 1.79. The number of Topliss-reactive ketones (excluding diaryl/α,β-unsaturated/α-hetero) is 1. The average molecular weight is 1900 g/mol. The van der Waals surface area contributed by atoms with Crippen molar-refractivity contribution in [3.63, 3.8) is 0 Å². The van der Waals surface area contributed by atoms with Crippen LogP contribution in [0.4, 0.5) is 0 Å². The van der Waals surface area contributed by atoms with E-state index in [1.54, 1.807) is 66.7 Å². The molecule has 128 heavy (non-hydrogen) atoms. The summed E-state index contributed by atoms with van der Waals surface area (Å²) >= 11 is 60.8. The Morgan fingerprint density at radius 3 is 1.16 bits per heavy atom. The molecule has 3 N–H and O–H groups in total. The Labute approximate surface area is 825 Å². The minimum Gasteiger partial charge on any atom is -1.00 e. The number of ketones is 2. The van der Waals surface area contributed by atoms with Crippen molar-refractivity contribution < 1.29 is 45.7 Å². The maximum absolute atomic E-state index is 12.7. The number of carbonyl (C=O) groups is 2. The molecule has 3 aliphatic rings. The van der Waals surface area contributed by atoms with Gasteiger partial charge in [0, 0.05) is 119 Å². The Hall–Kier alpha value is -8.83. The second kappa shape index (κ2) is 45.8. The molecule has 18 rings (SSSR count). The van der Waals surface area contributed by atoms with Gasteiger partial charge in [0.1, 0.15) is 5.60 Å². The Morgan fingerprint density at radius 1 is 0.445 bits per heavy atom. The van der Waals surface area contributed by atoms with Crippen molar-refractivity contribution in [1.82, 2.24) is 10.6 Å². The number of aliphatic hydroxyl groups is 1. The molecule has 3 aliphatic heterocycles. The molecule has 0 aromatic heterocycles. The zero-order valence-electron chi connectivity index (χ0n) is 73.0. The Morgan fingerprint density at radius 2 is 0.766 bits per heavy atom. The van der Waals surface area contributed by atoms with Crippen LogP contribution in [0.15, 0.2) is 284 Å². The van der Waals surface area contributed by atoms with Gasteiger partial charge in [-0.1, -0.05) is 302 Å². The second-order valence-electron chi connectivity index (χ2n) is 33.0. The first-order chi connectivity index (χ1) is 60.3. The zero-order valence-corrected chi connectivity index (χ0v) is 81.6. The van der Waals surface area contributed by atoms with Crippen molar-refractivity contribution in [1.29, 1.82) is 5.26 Å². The van der Waals surface area contributed by atoms with E-state index in [9.17, 15) is 9.59 Å². The molecule has 0 spiro atoms. The van der Waals surface area contributed by atoms with E-state index >= 15 is 0 Å². The molecular formula is C108H92BCl10N5NaO3. The number of fused-ring (bicyclic) bond motifs is 5. The van der Waals surface area contributed by atoms with Crippen LogP contribution in [-0.2, 0) is 0 Å². The van der Waals surface area contributed by atoms with Gasteiger partial charge in [-0.2, -0.15) is 5.26 Å². The van der Waals surface area contributed by atoms with Crippen LogP contribution in [0.25, 0.3) is 64.8 Å².